The Hall–Kier alpha value is -3.78. The number of halogens is 3. The molecule has 41 heavy (non-hydrogen) atoms. The molecule has 0 bridgehead atoms. The minimum Gasteiger partial charge on any atom is -0.385 e. The summed E-state index contributed by atoms with van der Waals surface area (Å²) >= 11 is 0. The largest absolute Gasteiger partial charge is 0.385 e. The third-order valence-electron chi connectivity index (χ3n) is 8.35. The van der Waals surface area contributed by atoms with Crippen molar-refractivity contribution in [3.05, 3.63) is 108 Å². The number of nitrogens with zero attached hydrogens (tertiary/aromatic N) is 3. The van der Waals surface area contributed by atoms with Gasteiger partial charge >= 0.3 is 6.03 Å². The second-order valence-electron chi connectivity index (χ2n) is 11.1. The maximum absolute atomic E-state index is 15.2. The molecule has 1 N–H and O–H groups in total. The Labute approximate surface area is 240 Å². The highest BCUT2D eigenvalue weighted by atomic mass is 19.1. The monoisotopic (exact) mass is 562 g/mol. The fraction of sp³-hybridized carbons (Fsp3) is 0.364. The van der Waals surface area contributed by atoms with Gasteiger partial charge in [-0.2, -0.15) is 0 Å². The molecule has 2 aliphatic heterocycles. The van der Waals surface area contributed by atoms with Gasteiger partial charge in [-0.05, 0) is 73.9 Å². The first-order valence-corrected chi connectivity index (χ1v) is 14.2. The maximum atomic E-state index is 15.2. The van der Waals surface area contributed by atoms with E-state index < -0.39 is 29.4 Å². The van der Waals surface area contributed by atoms with E-state index in [4.69, 9.17) is 0 Å². The number of carbonyl (C=O) groups is 1. The van der Waals surface area contributed by atoms with Gasteiger partial charge in [0.15, 0.2) is 0 Å². The molecule has 5 rings (SSSR count). The first-order chi connectivity index (χ1) is 19.8. The summed E-state index contributed by atoms with van der Waals surface area (Å²) in [6, 6.07) is 22.0. The lowest BCUT2D eigenvalue weighted by Gasteiger charge is -2.44. The zero-order valence-corrected chi connectivity index (χ0v) is 23.6. The molecule has 3 atom stereocenters. The summed E-state index contributed by atoms with van der Waals surface area (Å²) in [4.78, 5) is 19.5. The Balaban J connectivity index is 1.51. The predicted octanol–water partition coefficient (Wildman–Crippen LogP) is 6.55. The van der Waals surface area contributed by atoms with Crippen molar-refractivity contribution >= 4 is 17.3 Å². The predicted molar refractivity (Wildman–Crippen MR) is 157 cm³/mol. The van der Waals surface area contributed by atoms with E-state index in [2.05, 4.69) is 5.32 Å². The van der Waals surface area contributed by atoms with Crippen molar-refractivity contribution in [2.45, 2.75) is 37.0 Å². The van der Waals surface area contributed by atoms with Crippen molar-refractivity contribution in [2.75, 3.05) is 45.6 Å². The van der Waals surface area contributed by atoms with Gasteiger partial charge in [-0.3, -0.25) is 0 Å². The average molecular weight is 563 g/mol. The molecule has 0 aliphatic carbocycles. The topological polar surface area (TPSA) is 38.8 Å². The fourth-order valence-electron chi connectivity index (χ4n) is 6.14. The van der Waals surface area contributed by atoms with Gasteiger partial charge in [0.1, 0.15) is 17.8 Å². The summed E-state index contributed by atoms with van der Waals surface area (Å²) in [7, 11) is 3.52. The number of alkyl halides is 1. The van der Waals surface area contributed by atoms with Gasteiger partial charge in [0.25, 0.3) is 0 Å². The van der Waals surface area contributed by atoms with Crippen molar-refractivity contribution in [3.8, 4) is 0 Å². The Kier molecular flexibility index (Phi) is 8.68. The van der Waals surface area contributed by atoms with Gasteiger partial charge < -0.3 is 20.0 Å². The van der Waals surface area contributed by atoms with Crippen molar-refractivity contribution in [1.29, 1.82) is 0 Å². The third-order valence-corrected chi connectivity index (χ3v) is 8.35. The molecular formula is C33H37F3N4O. The van der Waals surface area contributed by atoms with E-state index in [9.17, 15) is 9.18 Å². The Bertz CT molecular complexity index is 1370. The van der Waals surface area contributed by atoms with E-state index >= 15 is 8.78 Å². The molecule has 2 amide bonds. The van der Waals surface area contributed by atoms with Crippen molar-refractivity contribution < 1.29 is 18.0 Å². The number of amides is 2. The maximum Gasteiger partial charge on any atom is 0.321 e. The van der Waals surface area contributed by atoms with Crippen LogP contribution >= 0.6 is 0 Å². The van der Waals surface area contributed by atoms with Crippen LogP contribution in [0, 0.1) is 11.6 Å². The number of anilines is 1. The first-order valence-electron chi connectivity index (χ1n) is 14.2. The fourth-order valence-corrected chi connectivity index (χ4v) is 6.14. The summed E-state index contributed by atoms with van der Waals surface area (Å²) in [5.74, 6) is -1.10. The van der Waals surface area contributed by atoms with E-state index in [-0.39, 0.29) is 24.7 Å². The van der Waals surface area contributed by atoms with Crippen LogP contribution in [-0.4, -0.2) is 73.2 Å². The smallest absolute Gasteiger partial charge is 0.321 e. The summed E-state index contributed by atoms with van der Waals surface area (Å²) in [6.07, 6.45) is 2.47. The van der Waals surface area contributed by atoms with Gasteiger partial charge in [-0.1, -0.05) is 48.5 Å². The number of para-hydroxylation sites is 1. The lowest BCUT2D eigenvalue weighted by atomic mass is 9.84. The highest BCUT2D eigenvalue weighted by Crippen LogP contribution is 2.45. The Morgan fingerprint density at radius 2 is 1.76 bits per heavy atom. The molecule has 216 valence electrons. The molecule has 2 heterocycles. The standard InChI is InChI=1S/C33H37F3N4O/c1-38-19-16-31(30(36)23-38)39(2)32(41)40-22-24(28-20-26(34)14-15-29(28)35)21-33(40,25-10-5-3-6-11-25)17-9-18-37-27-12-7-4-8-13-27/h3-8,10-15,20-21,30-31,37H,9,16-19,22-23H2,1-2H3/t30?,31?,33-/m0/s1. The lowest BCUT2D eigenvalue weighted by molar-refractivity contribution is 0.0508. The zero-order chi connectivity index (χ0) is 29.0. The van der Waals surface area contributed by atoms with E-state index in [0.29, 0.717) is 37.9 Å². The lowest BCUT2D eigenvalue weighted by Crippen LogP contribution is -2.57. The molecule has 0 radical (unpaired) electrons. The molecule has 3 aromatic carbocycles. The highest BCUT2D eigenvalue weighted by Gasteiger charge is 2.47. The van der Waals surface area contributed by atoms with Crippen LogP contribution in [0.1, 0.15) is 30.4 Å². The van der Waals surface area contributed by atoms with Crippen molar-refractivity contribution in [2.24, 2.45) is 0 Å². The number of rotatable bonds is 8. The highest BCUT2D eigenvalue weighted by molar-refractivity contribution is 5.83. The number of urea groups is 1. The summed E-state index contributed by atoms with van der Waals surface area (Å²) in [5, 5.41) is 3.43. The third kappa shape index (κ3) is 6.12. The van der Waals surface area contributed by atoms with Crippen LogP contribution < -0.4 is 5.32 Å². The van der Waals surface area contributed by atoms with Gasteiger partial charge in [0.2, 0.25) is 0 Å². The van der Waals surface area contributed by atoms with Gasteiger partial charge in [0, 0.05) is 44.5 Å². The van der Waals surface area contributed by atoms with Crippen molar-refractivity contribution in [1.82, 2.24) is 14.7 Å². The number of nitrogens with one attached hydrogen (secondary N) is 1. The minimum atomic E-state index is -1.18. The number of hydrogen-bond donors (Lipinski definition) is 1. The van der Waals surface area contributed by atoms with Crippen molar-refractivity contribution in [3.63, 3.8) is 0 Å². The first kappa shape index (κ1) is 28.7. The summed E-state index contributed by atoms with van der Waals surface area (Å²) in [5.41, 5.74) is 1.59. The van der Waals surface area contributed by atoms with Gasteiger partial charge in [0.05, 0.1) is 11.6 Å². The summed E-state index contributed by atoms with van der Waals surface area (Å²) < 4.78 is 44.5. The van der Waals surface area contributed by atoms with Crippen LogP contribution in [0.3, 0.4) is 0 Å². The number of likely N-dealkylation sites (tertiary alicyclic amines) is 1. The van der Waals surface area contributed by atoms with Gasteiger partial charge in [-0.25, -0.2) is 18.0 Å². The second-order valence-corrected chi connectivity index (χ2v) is 11.1. The Morgan fingerprint density at radius 3 is 2.46 bits per heavy atom. The molecule has 2 unspecified atom stereocenters. The van der Waals surface area contributed by atoms with E-state index in [1.807, 2.05) is 78.7 Å². The number of hydrogen-bond acceptors (Lipinski definition) is 3. The molecule has 1 fully saturated rings. The molecule has 1 saturated heterocycles. The molecule has 2 aliphatic rings. The number of carbonyl (C=O) groups excluding carboxylic acids is 1. The van der Waals surface area contributed by atoms with E-state index in [1.165, 1.54) is 11.0 Å². The van der Waals surface area contributed by atoms with Crippen LogP contribution in [0.2, 0.25) is 0 Å². The molecule has 0 saturated carbocycles. The average Bonchev–Trinajstić information content (AvgIpc) is 3.37. The second kappa shape index (κ2) is 12.4. The summed E-state index contributed by atoms with van der Waals surface area (Å²) in [6.45, 7) is 1.68. The van der Waals surface area contributed by atoms with Crippen LogP contribution in [0.25, 0.3) is 5.57 Å². The van der Waals surface area contributed by atoms with E-state index in [0.717, 1.165) is 23.4 Å². The molecule has 5 nitrogen and oxygen atoms in total. The normalized spacial score (nSPS) is 22.9. The van der Waals surface area contributed by atoms with E-state index in [1.54, 1.807) is 11.9 Å². The molecule has 8 heteroatoms. The number of piperidine rings is 1. The quantitative estimate of drug-likeness (QED) is 0.317. The molecule has 3 aromatic rings. The minimum absolute atomic E-state index is 0.0775. The van der Waals surface area contributed by atoms with Crippen LogP contribution in [0.15, 0.2) is 84.9 Å². The van der Waals surface area contributed by atoms with Crippen LogP contribution in [0.4, 0.5) is 23.7 Å². The molecule has 0 aromatic heterocycles. The Morgan fingerprint density at radius 1 is 1.05 bits per heavy atom. The molecular weight excluding hydrogens is 525 g/mol. The van der Waals surface area contributed by atoms with Crippen LogP contribution in [0.5, 0.6) is 0 Å². The zero-order valence-electron chi connectivity index (χ0n) is 23.6. The van der Waals surface area contributed by atoms with Crippen LogP contribution in [-0.2, 0) is 5.54 Å². The molecule has 0 spiro atoms. The van der Waals surface area contributed by atoms with Gasteiger partial charge in [-0.15, -0.1) is 0 Å². The number of benzene rings is 3. The SMILES string of the molecule is CN1CCC(N(C)C(=O)N2CC(c3cc(F)ccc3F)=C[C@@]2(CCCNc2ccccc2)c2ccccc2)C(F)C1.